The minimum Gasteiger partial charge on any atom is -0.487 e. The van der Waals surface area contributed by atoms with Gasteiger partial charge in [-0.1, -0.05) is 36.4 Å². The minimum absolute atomic E-state index is 0.0403. The van der Waals surface area contributed by atoms with Crippen LogP contribution in [0.3, 0.4) is 0 Å². The van der Waals surface area contributed by atoms with Gasteiger partial charge in [0.25, 0.3) is 0 Å². The minimum atomic E-state index is -0.0767. The first-order valence-electron chi connectivity index (χ1n) is 9.91. The molecule has 0 aliphatic carbocycles. The third-order valence-corrected chi connectivity index (χ3v) is 4.85. The van der Waals surface area contributed by atoms with Gasteiger partial charge < -0.3 is 15.0 Å². The number of rotatable bonds is 7. The van der Waals surface area contributed by atoms with Gasteiger partial charge in [-0.15, -0.1) is 0 Å². The lowest BCUT2D eigenvalue weighted by molar-refractivity contribution is -0.125. The fourth-order valence-corrected chi connectivity index (χ4v) is 3.39. The molecule has 0 aromatic heterocycles. The number of nitrogens with one attached hydrogen (secondary N) is 1. The molecule has 1 atom stereocenters. The summed E-state index contributed by atoms with van der Waals surface area (Å²) in [6.07, 6.45) is 2.16. The predicted octanol–water partition coefficient (Wildman–Crippen LogP) is 3.64. The highest BCUT2D eigenvalue weighted by Gasteiger charge is 2.27. The summed E-state index contributed by atoms with van der Waals surface area (Å²) in [5, 5.41) is 2.91. The number of ether oxygens (including phenoxy) is 1. The quantitative estimate of drug-likeness (QED) is 0.746. The van der Waals surface area contributed by atoms with Gasteiger partial charge >= 0.3 is 0 Å². The van der Waals surface area contributed by atoms with Gasteiger partial charge in [0.1, 0.15) is 11.9 Å². The first-order chi connectivity index (χ1) is 13.5. The van der Waals surface area contributed by atoms with E-state index in [1.54, 1.807) is 4.90 Å². The van der Waals surface area contributed by atoms with Crippen molar-refractivity contribution in [1.29, 1.82) is 0 Å². The molecule has 1 heterocycles. The normalized spacial score (nSPS) is 15.5. The molecule has 5 heteroatoms. The van der Waals surface area contributed by atoms with Crippen LogP contribution in [0.5, 0.6) is 5.75 Å². The Labute approximate surface area is 166 Å². The summed E-state index contributed by atoms with van der Waals surface area (Å²) in [6, 6.07) is 16.0. The van der Waals surface area contributed by atoms with Crippen molar-refractivity contribution in [2.45, 2.75) is 45.6 Å². The third-order valence-electron chi connectivity index (χ3n) is 4.85. The van der Waals surface area contributed by atoms with E-state index in [4.69, 9.17) is 4.74 Å². The Bertz CT molecular complexity index is 820. The SMILES string of the molecule is Cc1ccc2c(c1)N(C(=O)CCC(=O)NCCCc1ccccc1)C[C@H](C)O2. The van der Waals surface area contributed by atoms with E-state index >= 15 is 0 Å². The maximum absolute atomic E-state index is 12.7. The first kappa shape index (κ1) is 19.9. The maximum atomic E-state index is 12.7. The molecule has 0 saturated heterocycles. The lowest BCUT2D eigenvalue weighted by Crippen LogP contribution is -2.42. The van der Waals surface area contributed by atoms with Gasteiger partial charge in [-0.3, -0.25) is 9.59 Å². The highest BCUT2D eigenvalue weighted by Crippen LogP contribution is 2.34. The van der Waals surface area contributed by atoms with E-state index in [2.05, 4.69) is 17.4 Å². The van der Waals surface area contributed by atoms with Crippen LogP contribution < -0.4 is 15.0 Å². The van der Waals surface area contributed by atoms with Gasteiger partial charge in [-0.2, -0.15) is 0 Å². The average Bonchev–Trinajstić information content (AvgIpc) is 2.70. The zero-order chi connectivity index (χ0) is 19.9. The number of anilines is 1. The summed E-state index contributed by atoms with van der Waals surface area (Å²) < 4.78 is 5.82. The van der Waals surface area contributed by atoms with Crippen LogP contribution in [0.4, 0.5) is 5.69 Å². The van der Waals surface area contributed by atoms with Crippen LogP contribution in [0.15, 0.2) is 48.5 Å². The van der Waals surface area contributed by atoms with Crippen LogP contribution in [0.25, 0.3) is 0 Å². The molecule has 0 spiro atoms. The van der Waals surface area contributed by atoms with E-state index in [1.807, 2.05) is 50.2 Å². The number of carbonyl (C=O) groups excluding carboxylic acids is 2. The smallest absolute Gasteiger partial charge is 0.227 e. The molecule has 0 bridgehead atoms. The third kappa shape index (κ3) is 5.35. The standard InChI is InChI=1S/C23H28N2O3/c1-17-10-11-21-20(15-17)25(16-18(2)28-21)23(27)13-12-22(26)24-14-6-9-19-7-4-3-5-8-19/h3-5,7-8,10-11,15,18H,6,9,12-14,16H2,1-2H3,(H,24,26)/t18-/m0/s1. The van der Waals surface area contributed by atoms with Crippen molar-refractivity contribution < 1.29 is 14.3 Å². The van der Waals surface area contributed by atoms with Crippen molar-refractivity contribution >= 4 is 17.5 Å². The van der Waals surface area contributed by atoms with Gasteiger partial charge in [-0.25, -0.2) is 0 Å². The van der Waals surface area contributed by atoms with Crippen LogP contribution in [0, 0.1) is 6.92 Å². The number of fused-ring (bicyclic) bond motifs is 1. The molecule has 0 unspecified atom stereocenters. The zero-order valence-corrected chi connectivity index (χ0v) is 16.6. The number of hydrogen-bond acceptors (Lipinski definition) is 3. The Morgan fingerprint density at radius 3 is 2.71 bits per heavy atom. The number of carbonyl (C=O) groups is 2. The number of benzene rings is 2. The first-order valence-corrected chi connectivity index (χ1v) is 9.91. The zero-order valence-electron chi connectivity index (χ0n) is 16.6. The van der Waals surface area contributed by atoms with Gasteiger partial charge in [0.05, 0.1) is 12.2 Å². The fraction of sp³-hybridized carbons (Fsp3) is 0.391. The Hall–Kier alpha value is -2.82. The van der Waals surface area contributed by atoms with Gasteiger partial charge in [0, 0.05) is 19.4 Å². The molecule has 2 aromatic carbocycles. The molecule has 0 saturated carbocycles. The molecule has 28 heavy (non-hydrogen) atoms. The van der Waals surface area contributed by atoms with E-state index in [0.717, 1.165) is 29.8 Å². The highest BCUT2D eigenvalue weighted by molar-refractivity contribution is 5.97. The van der Waals surface area contributed by atoms with Crippen LogP contribution in [0.1, 0.15) is 37.3 Å². The number of amides is 2. The van der Waals surface area contributed by atoms with Gasteiger partial charge in [0.2, 0.25) is 11.8 Å². The molecular formula is C23H28N2O3. The monoisotopic (exact) mass is 380 g/mol. The molecule has 148 valence electrons. The summed E-state index contributed by atoms with van der Waals surface area (Å²) in [7, 11) is 0. The molecule has 1 aliphatic rings. The van der Waals surface area contributed by atoms with Crippen molar-refractivity contribution in [3.63, 3.8) is 0 Å². The van der Waals surface area contributed by atoms with E-state index < -0.39 is 0 Å². The van der Waals surface area contributed by atoms with Crippen LogP contribution in [-0.2, 0) is 16.0 Å². The van der Waals surface area contributed by atoms with Crippen molar-refractivity contribution in [3.8, 4) is 5.75 Å². The average molecular weight is 380 g/mol. The summed E-state index contributed by atoms with van der Waals surface area (Å²) in [4.78, 5) is 26.6. The Morgan fingerprint density at radius 1 is 1.14 bits per heavy atom. The second kappa shape index (κ2) is 9.40. The maximum Gasteiger partial charge on any atom is 0.227 e. The number of nitrogens with zero attached hydrogens (tertiary/aromatic N) is 1. The Balaban J connectivity index is 1.45. The molecule has 1 aliphatic heterocycles. The van der Waals surface area contributed by atoms with Gasteiger partial charge in [-0.05, 0) is 49.9 Å². The second-order valence-corrected chi connectivity index (χ2v) is 7.34. The molecule has 5 nitrogen and oxygen atoms in total. The van der Waals surface area contributed by atoms with Crippen LogP contribution >= 0.6 is 0 Å². The largest absolute Gasteiger partial charge is 0.487 e. The van der Waals surface area contributed by atoms with Crippen molar-refractivity contribution in [2.24, 2.45) is 0 Å². The molecule has 2 amide bonds. The molecule has 0 radical (unpaired) electrons. The topological polar surface area (TPSA) is 58.6 Å². The summed E-state index contributed by atoms with van der Waals surface area (Å²) in [5.41, 5.74) is 3.14. The molecule has 3 rings (SSSR count). The van der Waals surface area contributed by atoms with Crippen LogP contribution in [-0.4, -0.2) is 31.0 Å². The molecule has 2 aromatic rings. The fourth-order valence-electron chi connectivity index (χ4n) is 3.39. The number of hydrogen-bond donors (Lipinski definition) is 1. The second-order valence-electron chi connectivity index (χ2n) is 7.34. The van der Waals surface area contributed by atoms with E-state index in [-0.39, 0.29) is 30.8 Å². The highest BCUT2D eigenvalue weighted by atomic mass is 16.5. The number of aryl methyl sites for hydroxylation is 2. The summed E-state index contributed by atoms with van der Waals surface area (Å²) in [5.74, 6) is 0.608. The molecule has 1 N–H and O–H groups in total. The van der Waals surface area contributed by atoms with E-state index in [9.17, 15) is 9.59 Å². The Morgan fingerprint density at radius 2 is 1.93 bits per heavy atom. The van der Waals surface area contributed by atoms with Crippen molar-refractivity contribution in [3.05, 3.63) is 59.7 Å². The summed E-state index contributed by atoms with van der Waals surface area (Å²) in [6.45, 7) is 5.07. The molecular weight excluding hydrogens is 352 g/mol. The predicted molar refractivity (Wildman–Crippen MR) is 111 cm³/mol. The van der Waals surface area contributed by atoms with E-state index in [0.29, 0.717) is 13.1 Å². The molecule has 0 fully saturated rings. The van der Waals surface area contributed by atoms with Crippen molar-refractivity contribution in [1.82, 2.24) is 5.32 Å². The lowest BCUT2D eigenvalue weighted by Gasteiger charge is -2.33. The van der Waals surface area contributed by atoms with Crippen LogP contribution in [0.2, 0.25) is 0 Å². The van der Waals surface area contributed by atoms with Crippen molar-refractivity contribution in [2.75, 3.05) is 18.0 Å². The Kier molecular flexibility index (Phi) is 6.69. The summed E-state index contributed by atoms with van der Waals surface area (Å²) >= 11 is 0. The lowest BCUT2D eigenvalue weighted by atomic mass is 10.1. The van der Waals surface area contributed by atoms with E-state index in [1.165, 1.54) is 5.56 Å². The van der Waals surface area contributed by atoms with Gasteiger partial charge in [0.15, 0.2) is 0 Å².